The average molecular weight is 290 g/mol. The summed E-state index contributed by atoms with van der Waals surface area (Å²) in [5.41, 5.74) is 6.55. The van der Waals surface area contributed by atoms with Gasteiger partial charge in [-0.15, -0.1) is 0 Å². The fraction of sp³-hybridized carbons (Fsp3) is 0.333. The molecule has 0 fully saturated rings. The van der Waals surface area contributed by atoms with Crippen LogP contribution in [0.4, 0.5) is 10.1 Å². The third-order valence-electron chi connectivity index (χ3n) is 3.53. The van der Waals surface area contributed by atoms with Crippen LogP contribution in [0.2, 0.25) is 0 Å². The van der Waals surface area contributed by atoms with E-state index in [2.05, 4.69) is 10.4 Å². The Hall–Kier alpha value is -2.21. The molecule has 0 saturated heterocycles. The normalized spacial score (nSPS) is 13.7. The molecule has 0 aliphatic rings. The quantitative estimate of drug-likeness (QED) is 0.887. The minimum absolute atomic E-state index is 0.0678. The second kappa shape index (κ2) is 6.49. The molecule has 0 bridgehead atoms. The SMILES string of the molecule is CC[C@@H](C)[C@H](N)C(=O)Nc1ccc(-n2cccn2)c(F)c1. The van der Waals surface area contributed by atoms with Gasteiger partial charge in [-0.3, -0.25) is 4.79 Å². The smallest absolute Gasteiger partial charge is 0.241 e. The summed E-state index contributed by atoms with van der Waals surface area (Å²) in [5, 5.41) is 6.61. The number of carbonyl (C=O) groups is 1. The maximum Gasteiger partial charge on any atom is 0.241 e. The van der Waals surface area contributed by atoms with Gasteiger partial charge < -0.3 is 11.1 Å². The summed E-state index contributed by atoms with van der Waals surface area (Å²) in [6, 6.07) is 5.55. The summed E-state index contributed by atoms with van der Waals surface area (Å²) in [7, 11) is 0. The summed E-state index contributed by atoms with van der Waals surface area (Å²) in [5.74, 6) is -0.706. The fourth-order valence-electron chi connectivity index (χ4n) is 1.92. The van der Waals surface area contributed by atoms with Crippen molar-refractivity contribution in [2.24, 2.45) is 11.7 Å². The molecule has 2 atom stereocenters. The summed E-state index contributed by atoms with van der Waals surface area (Å²) < 4.78 is 15.5. The lowest BCUT2D eigenvalue weighted by molar-refractivity contribution is -0.118. The topological polar surface area (TPSA) is 72.9 Å². The molecule has 21 heavy (non-hydrogen) atoms. The van der Waals surface area contributed by atoms with E-state index >= 15 is 0 Å². The lowest BCUT2D eigenvalue weighted by Crippen LogP contribution is -2.40. The number of rotatable bonds is 5. The molecular weight excluding hydrogens is 271 g/mol. The molecule has 1 heterocycles. The first-order valence-corrected chi connectivity index (χ1v) is 6.89. The molecular formula is C15H19FN4O. The first kappa shape index (κ1) is 15.2. The maximum atomic E-state index is 14.0. The third-order valence-corrected chi connectivity index (χ3v) is 3.53. The first-order chi connectivity index (χ1) is 10.0. The van der Waals surface area contributed by atoms with E-state index < -0.39 is 11.9 Å². The highest BCUT2D eigenvalue weighted by Crippen LogP contribution is 2.18. The molecule has 0 aliphatic carbocycles. The van der Waals surface area contributed by atoms with Crippen LogP contribution in [0.1, 0.15) is 20.3 Å². The van der Waals surface area contributed by atoms with Crippen molar-refractivity contribution >= 4 is 11.6 Å². The maximum absolute atomic E-state index is 14.0. The molecule has 5 nitrogen and oxygen atoms in total. The molecule has 0 saturated carbocycles. The van der Waals surface area contributed by atoms with Gasteiger partial charge in [0.05, 0.1) is 6.04 Å². The molecule has 6 heteroatoms. The molecule has 112 valence electrons. The number of nitrogens with zero attached hydrogens (tertiary/aromatic N) is 2. The zero-order chi connectivity index (χ0) is 15.4. The highest BCUT2D eigenvalue weighted by Gasteiger charge is 2.19. The van der Waals surface area contributed by atoms with Gasteiger partial charge in [0.15, 0.2) is 5.82 Å². The van der Waals surface area contributed by atoms with Gasteiger partial charge in [-0.05, 0) is 30.2 Å². The van der Waals surface area contributed by atoms with Gasteiger partial charge >= 0.3 is 0 Å². The number of hydrogen-bond donors (Lipinski definition) is 2. The van der Waals surface area contributed by atoms with Crippen LogP contribution in [-0.2, 0) is 4.79 Å². The molecule has 1 aromatic heterocycles. The summed E-state index contributed by atoms with van der Waals surface area (Å²) in [4.78, 5) is 12.0. The van der Waals surface area contributed by atoms with E-state index in [1.165, 1.54) is 10.7 Å². The highest BCUT2D eigenvalue weighted by atomic mass is 19.1. The monoisotopic (exact) mass is 290 g/mol. The molecule has 2 aromatic rings. The predicted molar refractivity (Wildman–Crippen MR) is 79.6 cm³/mol. The fourth-order valence-corrected chi connectivity index (χ4v) is 1.92. The Morgan fingerprint density at radius 2 is 2.29 bits per heavy atom. The van der Waals surface area contributed by atoms with Gasteiger partial charge in [0.25, 0.3) is 0 Å². The van der Waals surface area contributed by atoms with Crippen molar-refractivity contribution in [1.82, 2.24) is 9.78 Å². The van der Waals surface area contributed by atoms with Crippen LogP contribution in [0.25, 0.3) is 5.69 Å². The number of hydrogen-bond acceptors (Lipinski definition) is 3. The minimum Gasteiger partial charge on any atom is -0.325 e. The lowest BCUT2D eigenvalue weighted by Gasteiger charge is -2.18. The Morgan fingerprint density at radius 3 is 2.86 bits per heavy atom. The molecule has 0 radical (unpaired) electrons. The van der Waals surface area contributed by atoms with Crippen LogP contribution in [0, 0.1) is 11.7 Å². The van der Waals surface area contributed by atoms with E-state index in [1.54, 1.807) is 30.6 Å². The van der Waals surface area contributed by atoms with Gasteiger partial charge in [-0.25, -0.2) is 9.07 Å². The number of anilines is 1. The van der Waals surface area contributed by atoms with Crippen LogP contribution in [0.5, 0.6) is 0 Å². The summed E-state index contributed by atoms with van der Waals surface area (Å²) in [6.45, 7) is 3.88. The molecule has 3 N–H and O–H groups in total. The first-order valence-electron chi connectivity index (χ1n) is 6.89. The number of nitrogens with one attached hydrogen (secondary N) is 1. The van der Waals surface area contributed by atoms with Crippen LogP contribution in [-0.4, -0.2) is 21.7 Å². The number of carbonyl (C=O) groups excluding carboxylic acids is 1. The van der Waals surface area contributed by atoms with Gasteiger partial charge in [-0.1, -0.05) is 20.3 Å². The van der Waals surface area contributed by atoms with E-state index in [0.29, 0.717) is 11.4 Å². The van der Waals surface area contributed by atoms with Gasteiger partial charge in [0, 0.05) is 18.1 Å². The van der Waals surface area contributed by atoms with E-state index in [1.807, 2.05) is 13.8 Å². The van der Waals surface area contributed by atoms with Gasteiger partial charge in [-0.2, -0.15) is 5.10 Å². The summed E-state index contributed by atoms with van der Waals surface area (Å²) >= 11 is 0. The largest absolute Gasteiger partial charge is 0.325 e. The van der Waals surface area contributed by atoms with Crippen molar-refractivity contribution in [2.75, 3.05) is 5.32 Å². The van der Waals surface area contributed by atoms with Crippen LogP contribution in [0.15, 0.2) is 36.7 Å². The Morgan fingerprint density at radius 1 is 1.52 bits per heavy atom. The minimum atomic E-state index is -0.608. The van der Waals surface area contributed by atoms with Crippen molar-refractivity contribution in [3.05, 3.63) is 42.5 Å². The number of amides is 1. The van der Waals surface area contributed by atoms with Crippen LogP contribution in [0.3, 0.4) is 0 Å². The average Bonchev–Trinajstić information content (AvgIpc) is 2.99. The lowest BCUT2D eigenvalue weighted by atomic mass is 9.99. The second-order valence-corrected chi connectivity index (χ2v) is 5.02. The number of nitrogens with two attached hydrogens (primary N) is 1. The molecule has 1 amide bonds. The molecule has 1 aromatic carbocycles. The van der Waals surface area contributed by atoms with Crippen molar-refractivity contribution in [3.63, 3.8) is 0 Å². The van der Waals surface area contributed by atoms with E-state index in [0.717, 1.165) is 6.42 Å². The third kappa shape index (κ3) is 3.46. The molecule has 0 aliphatic heterocycles. The molecule has 2 rings (SSSR count). The molecule has 0 spiro atoms. The van der Waals surface area contributed by atoms with Crippen LogP contribution >= 0.6 is 0 Å². The highest BCUT2D eigenvalue weighted by molar-refractivity contribution is 5.94. The van der Waals surface area contributed by atoms with Crippen molar-refractivity contribution in [3.8, 4) is 5.69 Å². The predicted octanol–water partition coefficient (Wildman–Crippen LogP) is 2.32. The standard InChI is InChI=1S/C15H19FN4O/c1-3-10(2)14(17)15(21)19-11-5-6-13(12(16)9-11)20-8-4-7-18-20/h4-10,14H,3,17H2,1-2H3,(H,19,21)/t10-,14+/m1/s1. The molecule has 0 unspecified atom stereocenters. The Kier molecular flexibility index (Phi) is 4.70. The zero-order valence-corrected chi connectivity index (χ0v) is 12.1. The van der Waals surface area contributed by atoms with Crippen molar-refractivity contribution in [1.29, 1.82) is 0 Å². The van der Waals surface area contributed by atoms with E-state index in [4.69, 9.17) is 5.73 Å². The van der Waals surface area contributed by atoms with E-state index in [9.17, 15) is 9.18 Å². The van der Waals surface area contributed by atoms with Crippen molar-refractivity contribution < 1.29 is 9.18 Å². The number of halogens is 1. The van der Waals surface area contributed by atoms with Crippen LogP contribution < -0.4 is 11.1 Å². The van der Waals surface area contributed by atoms with Gasteiger partial charge in [0.2, 0.25) is 5.91 Å². The summed E-state index contributed by atoms with van der Waals surface area (Å²) in [6.07, 6.45) is 4.02. The van der Waals surface area contributed by atoms with Gasteiger partial charge in [0.1, 0.15) is 5.69 Å². The number of benzene rings is 1. The zero-order valence-electron chi connectivity index (χ0n) is 12.1. The Bertz CT molecular complexity index is 612. The number of aromatic nitrogens is 2. The Balaban J connectivity index is 2.12. The van der Waals surface area contributed by atoms with E-state index in [-0.39, 0.29) is 11.8 Å². The second-order valence-electron chi connectivity index (χ2n) is 5.02. The Labute approximate surface area is 123 Å². The van der Waals surface area contributed by atoms with Crippen molar-refractivity contribution in [2.45, 2.75) is 26.3 Å².